The summed E-state index contributed by atoms with van der Waals surface area (Å²) in [5, 5.41) is 64.2. The molecule has 9 atom stereocenters. The van der Waals surface area contributed by atoms with E-state index in [1.807, 2.05) is 0 Å². The number of carbonyl (C=O) groups is 11. The zero-order valence-electron chi connectivity index (χ0n) is 48.9. The number of amides is 11. The summed E-state index contributed by atoms with van der Waals surface area (Å²) in [6.45, 7) is 8.90. The van der Waals surface area contributed by atoms with Gasteiger partial charge in [-0.3, -0.25) is 63.6 Å². The maximum Gasteiger partial charge on any atom is 0.245 e. The molecule has 474 valence electrons. The van der Waals surface area contributed by atoms with E-state index in [0.29, 0.717) is 12.0 Å². The molecule has 0 aliphatic carbocycles. The highest BCUT2D eigenvalue weighted by Gasteiger charge is 2.40. The van der Waals surface area contributed by atoms with E-state index in [-0.39, 0.29) is 112 Å². The molecule has 0 saturated carbocycles. The van der Waals surface area contributed by atoms with Gasteiger partial charge in [-0.05, 0) is 80.4 Å². The number of hydrogen-bond acceptors (Lipinski definition) is 17. The lowest BCUT2D eigenvalue weighted by molar-refractivity contribution is -0.142. The first kappa shape index (κ1) is 71.7. The molecule has 3 rings (SSSR count). The van der Waals surface area contributed by atoms with Gasteiger partial charge in [-0.1, -0.05) is 75.3 Å². The van der Waals surface area contributed by atoms with Crippen LogP contribution in [-0.4, -0.2) is 191 Å². The molecule has 0 spiro atoms. The maximum atomic E-state index is 14.4. The highest BCUT2D eigenvalue weighted by molar-refractivity contribution is 8.76. The number of fused-ring (bicyclic) bond motifs is 1. The minimum absolute atomic E-state index is 0.000192. The van der Waals surface area contributed by atoms with Crippen molar-refractivity contribution in [3.63, 3.8) is 0 Å². The molecule has 0 radical (unpaired) electrons. The summed E-state index contributed by atoms with van der Waals surface area (Å²) in [5.74, 6) is -11.2. The van der Waals surface area contributed by atoms with Gasteiger partial charge in [-0.25, -0.2) is 0 Å². The van der Waals surface area contributed by atoms with E-state index in [9.17, 15) is 63.0 Å². The first-order valence-electron chi connectivity index (χ1n) is 28.2. The average molecular weight is 1230 g/mol. The van der Waals surface area contributed by atoms with Gasteiger partial charge < -0.3 is 90.8 Å². The Hall–Kier alpha value is -7.61. The summed E-state index contributed by atoms with van der Waals surface area (Å²) in [6, 6.07) is -6.77. The second-order valence-corrected chi connectivity index (χ2v) is 24.5. The number of phenolic OH excluding ortho intramolecular Hbond substituents is 1. The summed E-state index contributed by atoms with van der Waals surface area (Å²) in [6.07, 6.45) is 0.404. The van der Waals surface area contributed by atoms with E-state index >= 15 is 0 Å². The second-order valence-electron chi connectivity index (χ2n) is 21.9. The lowest BCUT2D eigenvalue weighted by Crippen LogP contribution is -2.60. The van der Waals surface area contributed by atoms with Crippen LogP contribution in [0.2, 0.25) is 0 Å². The molecular formula is C53H87N17O13S2. The maximum absolute atomic E-state index is 14.4. The van der Waals surface area contributed by atoms with Crippen molar-refractivity contribution in [1.82, 2.24) is 63.4 Å². The van der Waals surface area contributed by atoms with Gasteiger partial charge in [0.1, 0.15) is 60.1 Å². The highest BCUT2D eigenvalue weighted by atomic mass is 33.1. The van der Waals surface area contributed by atoms with E-state index in [2.05, 4.69) is 58.5 Å². The van der Waals surface area contributed by atoms with Gasteiger partial charge in [0.15, 0.2) is 11.9 Å². The van der Waals surface area contributed by atoms with Crippen LogP contribution in [0.3, 0.4) is 0 Å². The van der Waals surface area contributed by atoms with E-state index in [0.717, 1.165) is 21.6 Å². The summed E-state index contributed by atoms with van der Waals surface area (Å²) < 4.78 is 0. The predicted molar refractivity (Wildman–Crippen MR) is 318 cm³/mol. The van der Waals surface area contributed by atoms with Gasteiger partial charge >= 0.3 is 0 Å². The third-order valence-electron chi connectivity index (χ3n) is 13.4. The fourth-order valence-corrected chi connectivity index (χ4v) is 11.3. The van der Waals surface area contributed by atoms with Crippen LogP contribution in [0.15, 0.2) is 24.3 Å². The SMILES string of the molecule is CC(C)CC(=O)N[C@H]1CSSC[C@@H](C(N)=O)NC(=O)[C@H](C(C)C)NC(=O)[C@@H]2CCCN2C(=O)[C@H](CCCNC(=N)N)NC(=O)CNC(=O)[C@H](CCCNC(=N)N)NC(=O)[C@H](Cc2ccc(O)cc2)NC(=O)[C@H](CO)NC(=O)[C@H](CC(C)C)NC1=O. The quantitative estimate of drug-likeness (QED) is 0.0289. The highest BCUT2D eigenvalue weighted by Crippen LogP contribution is 2.25. The third-order valence-corrected chi connectivity index (χ3v) is 15.8. The molecule has 21 N–H and O–H groups in total. The molecular weight excluding hydrogens is 1150 g/mol. The number of nitrogens with zero attached hydrogens (tertiary/aromatic N) is 1. The molecule has 1 aromatic carbocycles. The summed E-state index contributed by atoms with van der Waals surface area (Å²) in [5.41, 5.74) is 17.1. The van der Waals surface area contributed by atoms with Crippen molar-refractivity contribution in [2.75, 3.05) is 44.3 Å². The fraction of sp³-hybridized carbons (Fsp3) is 0.642. The molecule has 2 heterocycles. The molecule has 30 nitrogen and oxygen atoms in total. The van der Waals surface area contributed by atoms with Gasteiger partial charge in [-0.15, -0.1) is 0 Å². The third kappa shape index (κ3) is 25.6. The fourth-order valence-electron chi connectivity index (χ4n) is 8.97. The van der Waals surface area contributed by atoms with Gasteiger partial charge in [0, 0.05) is 44.0 Å². The van der Waals surface area contributed by atoms with Crippen LogP contribution >= 0.6 is 21.6 Å². The Morgan fingerprint density at radius 1 is 0.671 bits per heavy atom. The molecule has 0 bridgehead atoms. The Labute approximate surface area is 502 Å². The van der Waals surface area contributed by atoms with E-state index in [1.165, 1.54) is 29.2 Å². The minimum atomic E-state index is -1.74. The zero-order valence-corrected chi connectivity index (χ0v) is 50.6. The molecule has 11 amide bonds. The second kappa shape index (κ2) is 36.3. The topological polar surface area (TPSA) is 490 Å². The van der Waals surface area contributed by atoms with Gasteiger partial charge in [0.2, 0.25) is 65.0 Å². The summed E-state index contributed by atoms with van der Waals surface area (Å²) in [7, 11) is 2.06. The molecule has 1 aromatic rings. The monoisotopic (exact) mass is 1230 g/mol. The summed E-state index contributed by atoms with van der Waals surface area (Å²) >= 11 is 0. The van der Waals surface area contributed by atoms with Crippen molar-refractivity contribution >= 4 is 98.5 Å². The Bertz CT molecular complexity index is 2510. The van der Waals surface area contributed by atoms with Crippen molar-refractivity contribution in [2.45, 2.75) is 154 Å². The number of rotatable bonds is 18. The number of aliphatic hydroxyl groups is 1. The van der Waals surface area contributed by atoms with Crippen LogP contribution < -0.4 is 75.7 Å². The smallest absolute Gasteiger partial charge is 0.245 e. The van der Waals surface area contributed by atoms with E-state index in [4.69, 9.17) is 28.0 Å². The summed E-state index contributed by atoms with van der Waals surface area (Å²) in [4.78, 5) is 154. The number of benzene rings is 1. The molecule has 85 heavy (non-hydrogen) atoms. The molecule has 0 aromatic heterocycles. The minimum Gasteiger partial charge on any atom is -0.508 e. The molecule has 0 unspecified atom stereocenters. The molecule has 32 heteroatoms. The van der Waals surface area contributed by atoms with Crippen LogP contribution in [-0.2, 0) is 59.2 Å². The van der Waals surface area contributed by atoms with Crippen molar-refractivity contribution in [1.29, 1.82) is 10.8 Å². The van der Waals surface area contributed by atoms with Gasteiger partial charge in [-0.2, -0.15) is 0 Å². The first-order valence-corrected chi connectivity index (χ1v) is 30.7. The van der Waals surface area contributed by atoms with E-state index in [1.54, 1.807) is 41.5 Å². The Morgan fingerprint density at radius 2 is 1.24 bits per heavy atom. The molecule has 2 aliphatic rings. The standard InChI is InChI=1S/C53H87N17O13S2/c1-27(2)20-34-45(77)67-36(24-71)47(79)66-35(22-30-13-15-31(72)16-14-30)46(78)64-32(10-7-17-59-52(55)56)44(76)61-23-41(74)62-33(11-8-18-60-53(57)58)51(83)70-19-9-12-39(70)49(81)69-42(29(5)6)50(82)68-37(43(54)75)25-84-85-26-38(48(80)65-34)63-40(73)21-28(3)4/h13-16,27-29,32-39,42,71-72H,7-12,17-26H2,1-6H3,(H2,54,75)(H,61,76)(H,62,74)(H,63,73)(H,64,78)(H,65,80)(H,66,79)(H,67,77)(H,68,82)(H,69,81)(H4,55,56,59)(H4,57,58,60)/t32-,33-,34-,35-,36-,37-,38-,39-,42-/m0/s1. The zero-order chi connectivity index (χ0) is 63.5. The molecule has 2 fully saturated rings. The van der Waals surface area contributed by atoms with Gasteiger partial charge in [0.25, 0.3) is 0 Å². The van der Waals surface area contributed by atoms with Crippen molar-refractivity contribution in [3.05, 3.63) is 29.8 Å². The van der Waals surface area contributed by atoms with Crippen molar-refractivity contribution < 1.29 is 63.0 Å². The normalized spacial score (nSPS) is 24.4. The first-order chi connectivity index (χ1) is 40.1. The number of phenols is 1. The van der Waals surface area contributed by atoms with Crippen molar-refractivity contribution in [3.8, 4) is 5.75 Å². The largest absolute Gasteiger partial charge is 0.508 e. The predicted octanol–water partition coefficient (Wildman–Crippen LogP) is -3.93. The lowest BCUT2D eigenvalue weighted by atomic mass is 10.0. The number of guanidine groups is 2. The Kier molecular flexibility index (Phi) is 30.6. The van der Waals surface area contributed by atoms with Gasteiger partial charge in [0.05, 0.1) is 13.2 Å². The number of primary amides is 1. The Balaban J connectivity index is 2.14. The van der Waals surface area contributed by atoms with E-state index < -0.39 is 138 Å². The number of aromatic hydroxyl groups is 1. The van der Waals surface area contributed by atoms with Crippen LogP contribution in [0, 0.1) is 28.6 Å². The van der Waals surface area contributed by atoms with Crippen LogP contribution in [0.25, 0.3) is 0 Å². The van der Waals surface area contributed by atoms with Crippen molar-refractivity contribution in [2.24, 2.45) is 35.0 Å². The van der Waals surface area contributed by atoms with Crippen LogP contribution in [0.5, 0.6) is 5.75 Å². The number of nitrogens with two attached hydrogens (primary N) is 3. The average Bonchev–Trinajstić information content (AvgIpc) is 4.06. The van der Waals surface area contributed by atoms with Crippen LogP contribution in [0.1, 0.15) is 98.5 Å². The number of hydrogen-bond donors (Lipinski definition) is 18. The number of carbonyl (C=O) groups excluding carboxylic acids is 11. The number of nitrogens with one attached hydrogen (secondary N) is 13. The molecule has 2 saturated heterocycles. The number of aliphatic hydroxyl groups excluding tert-OH is 1. The Morgan fingerprint density at radius 3 is 1.81 bits per heavy atom. The molecule has 2 aliphatic heterocycles. The van der Waals surface area contributed by atoms with Crippen LogP contribution in [0.4, 0.5) is 0 Å². The lowest BCUT2D eigenvalue weighted by Gasteiger charge is -2.31.